The molecule has 2 unspecified atom stereocenters. The maximum absolute atomic E-state index is 10.7. The van der Waals surface area contributed by atoms with Gasteiger partial charge in [0, 0.05) is 19.2 Å². The van der Waals surface area contributed by atoms with Gasteiger partial charge in [0.25, 0.3) is 0 Å². The second kappa shape index (κ2) is 4.75. The Kier molecular flexibility index (Phi) is 3.35. The molecular formula is C9H10BrN3O3. The lowest BCUT2D eigenvalue weighted by Crippen LogP contribution is -2.30. The third kappa shape index (κ3) is 2.48. The molecule has 1 aromatic heterocycles. The minimum absolute atomic E-state index is 0.174. The van der Waals surface area contributed by atoms with E-state index in [0.29, 0.717) is 23.3 Å². The lowest BCUT2D eigenvalue weighted by molar-refractivity contribution is -0.139. The Balaban J connectivity index is 1.97. The van der Waals surface area contributed by atoms with E-state index < -0.39 is 12.0 Å². The number of nitrogens with one attached hydrogen (secondary N) is 1. The van der Waals surface area contributed by atoms with Gasteiger partial charge in [-0.05, 0) is 15.9 Å². The van der Waals surface area contributed by atoms with Crippen molar-refractivity contribution in [2.24, 2.45) is 0 Å². The molecular weight excluding hydrogens is 278 g/mol. The number of nitrogens with zero attached hydrogens (tertiary/aromatic N) is 2. The van der Waals surface area contributed by atoms with Gasteiger partial charge < -0.3 is 15.2 Å². The van der Waals surface area contributed by atoms with Crippen LogP contribution in [0.25, 0.3) is 0 Å². The highest BCUT2D eigenvalue weighted by Crippen LogP contribution is 2.23. The summed E-state index contributed by atoms with van der Waals surface area (Å²) in [4.78, 5) is 18.5. The summed E-state index contributed by atoms with van der Waals surface area (Å²) in [7, 11) is 0. The Hall–Kier alpha value is -1.21. The van der Waals surface area contributed by atoms with Crippen molar-refractivity contribution in [2.45, 2.75) is 18.6 Å². The van der Waals surface area contributed by atoms with E-state index in [1.165, 1.54) is 6.33 Å². The number of carbonyl (C=O) groups is 1. The summed E-state index contributed by atoms with van der Waals surface area (Å²) in [5, 5.41) is 11.7. The van der Waals surface area contributed by atoms with Crippen LogP contribution in [-0.4, -0.2) is 39.7 Å². The van der Waals surface area contributed by atoms with Crippen LogP contribution in [0.4, 0.5) is 0 Å². The monoisotopic (exact) mass is 287 g/mol. The molecule has 86 valence electrons. The van der Waals surface area contributed by atoms with Crippen LogP contribution < -0.4 is 10.1 Å². The van der Waals surface area contributed by atoms with Crippen molar-refractivity contribution < 1.29 is 14.6 Å². The Morgan fingerprint density at radius 2 is 2.50 bits per heavy atom. The number of aliphatic carboxylic acids is 1. The number of ether oxygens (including phenoxy) is 1. The Morgan fingerprint density at radius 1 is 1.69 bits per heavy atom. The van der Waals surface area contributed by atoms with E-state index >= 15 is 0 Å². The molecule has 1 fully saturated rings. The van der Waals surface area contributed by atoms with E-state index in [-0.39, 0.29) is 6.10 Å². The molecule has 1 saturated heterocycles. The normalized spacial score (nSPS) is 24.3. The maximum atomic E-state index is 10.7. The zero-order valence-electron chi connectivity index (χ0n) is 8.26. The van der Waals surface area contributed by atoms with E-state index in [1.54, 1.807) is 6.20 Å². The molecule has 6 nitrogen and oxygen atoms in total. The summed E-state index contributed by atoms with van der Waals surface area (Å²) in [5.41, 5.74) is 0. The van der Waals surface area contributed by atoms with Gasteiger partial charge >= 0.3 is 5.97 Å². The number of carboxylic acid groups (broad SMARTS) is 1. The fourth-order valence-corrected chi connectivity index (χ4v) is 1.84. The second-order valence-electron chi connectivity index (χ2n) is 3.45. The van der Waals surface area contributed by atoms with Gasteiger partial charge in [-0.25, -0.2) is 9.97 Å². The molecule has 0 amide bonds. The molecule has 1 aromatic rings. The van der Waals surface area contributed by atoms with Crippen molar-refractivity contribution in [3.05, 3.63) is 17.0 Å². The SMILES string of the molecule is O=C(O)C1CC(Oc2ncncc2Br)CN1. The van der Waals surface area contributed by atoms with Crippen LogP contribution in [0.15, 0.2) is 17.0 Å². The molecule has 0 aliphatic carbocycles. The van der Waals surface area contributed by atoms with Gasteiger partial charge in [0.2, 0.25) is 5.88 Å². The quantitative estimate of drug-likeness (QED) is 0.839. The largest absolute Gasteiger partial charge is 0.480 e. The van der Waals surface area contributed by atoms with Crippen LogP contribution in [0.3, 0.4) is 0 Å². The van der Waals surface area contributed by atoms with Gasteiger partial charge in [0.1, 0.15) is 18.5 Å². The van der Waals surface area contributed by atoms with Gasteiger partial charge in [-0.2, -0.15) is 0 Å². The smallest absolute Gasteiger partial charge is 0.320 e. The van der Waals surface area contributed by atoms with Crippen LogP contribution in [0, 0.1) is 0 Å². The van der Waals surface area contributed by atoms with Crippen molar-refractivity contribution in [3.8, 4) is 5.88 Å². The van der Waals surface area contributed by atoms with Crippen molar-refractivity contribution in [1.82, 2.24) is 15.3 Å². The van der Waals surface area contributed by atoms with Crippen molar-refractivity contribution in [2.75, 3.05) is 6.54 Å². The molecule has 1 aliphatic rings. The average molecular weight is 288 g/mol. The number of hydrogen-bond donors (Lipinski definition) is 2. The highest BCUT2D eigenvalue weighted by atomic mass is 79.9. The average Bonchev–Trinajstić information content (AvgIpc) is 2.70. The molecule has 2 rings (SSSR count). The first-order chi connectivity index (χ1) is 7.66. The summed E-state index contributed by atoms with van der Waals surface area (Å²) in [6.07, 6.45) is 3.23. The molecule has 7 heteroatoms. The molecule has 0 spiro atoms. The zero-order valence-corrected chi connectivity index (χ0v) is 9.85. The Morgan fingerprint density at radius 3 is 3.12 bits per heavy atom. The predicted molar refractivity (Wildman–Crippen MR) is 58.2 cm³/mol. The third-order valence-electron chi connectivity index (χ3n) is 2.30. The lowest BCUT2D eigenvalue weighted by atomic mass is 10.2. The van der Waals surface area contributed by atoms with E-state index in [4.69, 9.17) is 9.84 Å². The number of aromatic nitrogens is 2. The first-order valence-corrected chi connectivity index (χ1v) is 5.54. The zero-order chi connectivity index (χ0) is 11.5. The first kappa shape index (κ1) is 11.3. The van der Waals surface area contributed by atoms with Gasteiger partial charge in [-0.15, -0.1) is 0 Å². The summed E-state index contributed by atoms with van der Waals surface area (Å²) in [5.74, 6) is -0.416. The summed E-state index contributed by atoms with van der Waals surface area (Å²) in [6, 6.07) is -0.536. The van der Waals surface area contributed by atoms with Gasteiger partial charge in [0.15, 0.2) is 0 Å². The molecule has 0 aromatic carbocycles. The topological polar surface area (TPSA) is 84.3 Å². The fourth-order valence-electron chi connectivity index (χ4n) is 1.53. The molecule has 2 atom stereocenters. The Bertz CT molecular complexity index is 401. The van der Waals surface area contributed by atoms with Crippen molar-refractivity contribution in [1.29, 1.82) is 0 Å². The Labute approximate surface area is 100 Å². The molecule has 2 N–H and O–H groups in total. The fraction of sp³-hybridized carbons (Fsp3) is 0.444. The molecule has 0 bridgehead atoms. The standard InChI is InChI=1S/C9H10BrN3O3/c10-6-3-11-4-13-8(6)16-5-1-7(9(14)15)12-2-5/h3-5,7,12H,1-2H2,(H,14,15). The number of carboxylic acids is 1. The van der Waals surface area contributed by atoms with Crippen LogP contribution in [0.5, 0.6) is 5.88 Å². The van der Waals surface area contributed by atoms with E-state index in [9.17, 15) is 4.79 Å². The highest BCUT2D eigenvalue weighted by molar-refractivity contribution is 9.10. The second-order valence-corrected chi connectivity index (χ2v) is 4.30. The lowest BCUT2D eigenvalue weighted by Gasteiger charge is -2.11. The predicted octanol–water partition coefficient (Wildman–Crippen LogP) is 0.433. The first-order valence-electron chi connectivity index (χ1n) is 4.75. The van der Waals surface area contributed by atoms with Crippen molar-refractivity contribution >= 4 is 21.9 Å². The number of halogens is 1. The van der Waals surface area contributed by atoms with Crippen molar-refractivity contribution in [3.63, 3.8) is 0 Å². The van der Waals surface area contributed by atoms with E-state index in [2.05, 4.69) is 31.2 Å². The number of rotatable bonds is 3. The summed E-state index contributed by atoms with van der Waals surface area (Å²) >= 11 is 3.26. The summed E-state index contributed by atoms with van der Waals surface area (Å²) in [6.45, 7) is 0.507. The van der Waals surface area contributed by atoms with E-state index in [0.717, 1.165) is 0 Å². The van der Waals surface area contributed by atoms with Crippen LogP contribution in [0.2, 0.25) is 0 Å². The summed E-state index contributed by atoms with van der Waals surface area (Å²) < 4.78 is 6.22. The molecule has 2 heterocycles. The minimum Gasteiger partial charge on any atom is -0.480 e. The molecule has 16 heavy (non-hydrogen) atoms. The van der Waals surface area contributed by atoms with Gasteiger partial charge in [-0.1, -0.05) is 0 Å². The van der Waals surface area contributed by atoms with Gasteiger partial charge in [-0.3, -0.25) is 4.79 Å². The van der Waals surface area contributed by atoms with Gasteiger partial charge in [0.05, 0.1) is 4.47 Å². The molecule has 0 saturated carbocycles. The maximum Gasteiger partial charge on any atom is 0.320 e. The van der Waals surface area contributed by atoms with Crippen LogP contribution in [0.1, 0.15) is 6.42 Å². The molecule has 0 radical (unpaired) electrons. The number of hydrogen-bond acceptors (Lipinski definition) is 5. The molecule has 1 aliphatic heterocycles. The third-order valence-corrected chi connectivity index (χ3v) is 2.84. The highest BCUT2D eigenvalue weighted by Gasteiger charge is 2.30. The van der Waals surface area contributed by atoms with Crippen LogP contribution >= 0.6 is 15.9 Å². The minimum atomic E-state index is -0.854. The van der Waals surface area contributed by atoms with E-state index in [1.807, 2.05) is 0 Å². The van der Waals surface area contributed by atoms with Crippen LogP contribution in [-0.2, 0) is 4.79 Å².